The van der Waals surface area contributed by atoms with Gasteiger partial charge in [0.2, 0.25) is 0 Å². The second kappa shape index (κ2) is 8.11. The van der Waals surface area contributed by atoms with Crippen molar-refractivity contribution in [1.82, 2.24) is 0 Å². The van der Waals surface area contributed by atoms with E-state index in [1.807, 2.05) is 99.6 Å². The number of carbonyl (C=O) groups excluding carboxylic acids is 2. The van der Waals surface area contributed by atoms with Crippen LogP contribution in [0, 0.1) is 13.8 Å². The Morgan fingerprint density at radius 3 is 2.23 bits per heavy atom. The fourth-order valence-corrected chi connectivity index (χ4v) is 3.80. The molecule has 0 aliphatic carbocycles. The summed E-state index contributed by atoms with van der Waals surface area (Å²) in [7, 11) is 3.85. The van der Waals surface area contributed by atoms with Crippen LogP contribution in [-0.2, 0) is 9.59 Å². The normalized spacial score (nSPS) is 13.7. The molecule has 156 valence electrons. The number of aryl methyl sites for hydroxylation is 2. The minimum Gasteiger partial charge on any atom is -0.378 e. The summed E-state index contributed by atoms with van der Waals surface area (Å²) < 4.78 is 0. The Bertz CT molecular complexity index is 1200. The van der Waals surface area contributed by atoms with E-state index in [1.165, 1.54) is 4.90 Å². The Labute approximate surface area is 182 Å². The van der Waals surface area contributed by atoms with Gasteiger partial charge in [-0.2, -0.15) is 0 Å². The van der Waals surface area contributed by atoms with E-state index in [-0.39, 0.29) is 11.8 Å². The lowest BCUT2D eigenvalue weighted by atomic mass is 9.97. The molecule has 3 aromatic rings. The van der Waals surface area contributed by atoms with Gasteiger partial charge in [0, 0.05) is 25.5 Å². The predicted molar refractivity (Wildman–Crippen MR) is 126 cm³/mol. The van der Waals surface area contributed by atoms with Crippen LogP contribution in [0.15, 0.2) is 78.5 Å². The molecule has 0 aromatic heterocycles. The Balaban J connectivity index is 1.85. The molecule has 3 aromatic carbocycles. The lowest BCUT2D eigenvalue weighted by molar-refractivity contribution is -0.120. The standard InChI is InChI=1S/C26H25N3O2/c1-17-13-14-22(18(2)15-17)23-24(27-19-9-6-5-7-10-19)26(31)29(25(23)30)21-12-8-11-20(16-21)28(3)4/h5-16,27H,1-4H3. The summed E-state index contributed by atoms with van der Waals surface area (Å²) in [5.74, 6) is -0.689. The first-order valence-corrected chi connectivity index (χ1v) is 10.2. The highest BCUT2D eigenvalue weighted by molar-refractivity contribution is 6.46. The smallest absolute Gasteiger partial charge is 0.282 e. The molecule has 31 heavy (non-hydrogen) atoms. The van der Waals surface area contributed by atoms with Gasteiger partial charge in [-0.15, -0.1) is 0 Å². The molecule has 1 heterocycles. The lowest BCUT2D eigenvalue weighted by Gasteiger charge is -2.19. The number of amides is 2. The van der Waals surface area contributed by atoms with Crippen LogP contribution < -0.4 is 15.1 Å². The van der Waals surface area contributed by atoms with Crippen molar-refractivity contribution in [3.8, 4) is 0 Å². The summed E-state index contributed by atoms with van der Waals surface area (Å²) in [5, 5.41) is 3.21. The molecule has 0 atom stereocenters. The first-order chi connectivity index (χ1) is 14.9. The maximum Gasteiger partial charge on any atom is 0.282 e. The summed E-state index contributed by atoms with van der Waals surface area (Å²) in [6.45, 7) is 3.97. The molecule has 0 bridgehead atoms. The lowest BCUT2D eigenvalue weighted by Crippen LogP contribution is -2.32. The third-order valence-corrected chi connectivity index (χ3v) is 5.38. The number of nitrogens with zero attached hydrogens (tertiary/aromatic N) is 2. The molecule has 4 rings (SSSR count). The van der Waals surface area contributed by atoms with Crippen molar-refractivity contribution in [2.24, 2.45) is 0 Å². The summed E-state index contributed by atoms with van der Waals surface area (Å²) in [4.78, 5) is 30.4. The average molecular weight is 412 g/mol. The van der Waals surface area contributed by atoms with E-state index in [1.54, 1.807) is 6.07 Å². The van der Waals surface area contributed by atoms with Crippen LogP contribution in [0.5, 0.6) is 0 Å². The molecule has 0 saturated heterocycles. The molecule has 5 heteroatoms. The van der Waals surface area contributed by atoms with Gasteiger partial charge < -0.3 is 10.2 Å². The summed E-state index contributed by atoms with van der Waals surface area (Å²) in [6.07, 6.45) is 0. The van der Waals surface area contributed by atoms with Crippen molar-refractivity contribution < 1.29 is 9.59 Å². The second-order valence-electron chi connectivity index (χ2n) is 7.92. The van der Waals surface area contributed by atoms with Crippen molar-refractivity contribution in [3.05, 3.63) is 95.2 Å². The van der Waals surface area contributed by atoms with Crippen molar-refractivity contribution in [1.29, 1.82) is 0 Å². The molecule has 0 radical (unpaired) electrons. The SMILES string of the molecule is Cc1ccc(C2=C(Nc3ccccc3)C(=O)N(c3cccc(N(C)C)c3)C2=O)c(C)c1. The minimum atomic E-state index is -0.361. The van der Waals surface area contributed by atoms with E-state index in [9.17, 15) is 9.59 Å². The third-order valence-electron chi connectivity index (χ3n) is 5.38. The number of imide groups is 1. The Morgan fingerprint density at radius 2 is 1.55 bits per heavy atom. The molecule has 1 aliphatic heterocycles. The number of para-hydroxylation sites is 1. The Hall–Kier alpha value is -3.86. The maximum atomic E-state index is 13.6. The first kappa shape index (κ1) is 20.4. The molecule has 0 fully saturated rings. The Morgan fingerprint density at radius 1 is 0.806 bits per heavy atom. The zero-order valence-corrected chi connectivity index (χ0v) is 18.1. The van der Waals surface area contributed by atoms with Gasteiger partial charge >= 0.3 is 0 Å². The Kier molecular flexibility index (Phi) is 5.34. The maximum absolute atomic E-state index is 13.6. The highest BCUT2D eigenvalue weighted by Gasteiger charge is 2.40. The molecule has 1 aliphatic rings. The average Bonchev–Trinajstić information content (AvgIpc) is 2.98. The van der Waals surface area contributed by atoms with Gasteiger partial charge in [-0.05, 0) is 55.3 Å². The van der Waals surface area contributed by atoms with Crippen LogP contribution in [0.1, 0.15) is 16.7 Å². The fourth-order valence-electron chi connectivity index (χ4n) is 3.80. The molecule has 0 unspecified atom stereocenters. The zero-order valence-electron chi connectivity index (χ0n) is 18.1. The number of carbonyl (C=O) groups is 2. The number of hydrogen-bond acceptors (Lipinski definition) is 4. The van der Waals surface area contributed by atoms with E-state index in [2.05, 4.69) is 5.32 Å². The monoisotopic (exact) mass is 411 g/mol. The number of rotatable bonds is 5. The van der Waals surface area contributed by atoms with Gasteiger partial charge in [0.05, 0.1) is 11.3 Å². The summed E-state index contributed by atoms with van der Waals surface area (Å²) in [6, 6.07) is 22.8. The quantitative estimate of drug-likeness (QED) is 0.615. The topological polar surface area (TPSA) is 52.7 Å². The van der Waals surface area contributed by atoms with E-state index in [4.69, 9.17) is 0 Å². The molecule has 2 amide bonds. The van der Waals surface area contributed by atoms with Gasteiger partial charge in [-0.25, -0.2) is 4.90 Å². The van der Waals surface area contributed by atoms with Gasteiger partial charge in [-0.1, -0.05) is 48.0 Å². The fraction of sp³-hybridized carbons (Fsp3) is 0.154. The summed E-state index contributed by atoms with van der Waals surface area (Å²) >= 11 is 0. The predicted octanol–water partition coefficient (Wildman–Crippen LogP) is 4.77. The summed E-state index contributed by atoms with van der Waals surface area (Å²) in [5.41, 5.74) is 5.71. The minimum absolute atomic E-state index is 0.290. The van der Waals surface area contributed by atoms with Crippen LogP contribution in [0.3, 0.4) is 0 Å². The van der Waals surface area contributed by atoms with Crippen LogP contribution in [0.4, 0.5) is 17.1 Å². The van der Waals surface area contributed by atoms with E-state index in [0.717, 1.165) is 28.1 Å². The first-order valence-electron chi connectivity index (χ1n) is 10.2. The number of anilines is 3. The van der Waals surface area contributed by atoms with E-state index in [0.29, 0.717) is 17.0 Å². The van der Waals surface area contributed by atoms with Gasteiger partial charge in [0.15, 0.2) is 0 Å². The number of hydrogen-bond donors (Lipinski definition) is 1. The molecule has 5 nitrogen and oxygen atoms in total. The molecule has 1 N–H and O–H groups in total. The molecule has 0 saturated carbocycles. The van der Waals surface area contributed by atoms with Gasteiger partial charge in [0.25, 0.3) is 11.8 Å². The van der Waals surface area contributed by atoms with Gasteiger partial charge in [-0.3, -0.25) is 9.59 Å². The molecule has 0 spiro atoms. The van der Waals surface area contributed by atoms with Crippen molar-refractivity contribution >= 4 is 34.4 Å². The van der Waals surface area contributed by atoms with Crippen molar-refractivity contribution in [2.45, 2.75) is 13.8 Å². The van der Waals surface area contributed by atoms with Gasteiger partial charge in [0.1, 0.15) is 5.70 Å². The van der Waals surface area contributed by atoms with Crippen LogP contribution in [-0.4, -0.2) is 25.9 Å². The van der Waals surface area contributed by atoms with E-state index < -0.39 is 0 Å². The van der Waals surface area contributed by atoms with Crippen molar-refractivity contribution in [2.75, 3.05) is 29.2 Å². The van der Waals surface area contributed by atoms with Crippen LogP contribution in [0.25, 0.3) is 5.57 Å². The van der Waals surface area contributed by atoms with E-state index >= 15 is 0 Å². The number of nitrogens with one attached hydrogen (secondary N) is 1. The van der Waals surface area contributed by atoms with Crippen LogP contribution >= 0.6 is 0 Å². The largest absolute Gasteiger partial charge is 0.378 e. The second-order valence-corrected chi connectivity index (χ2v) is 7.92. The highest BCUT2D eigenvalue weighted by Crippen LogP contribution is 2.36. The van der Waals surface area contributed by atoms with Crippen LogP contribution in [0.2, 0.25) is 0 Å². The zero-order chi connectivity index (χ0) is 22.1. The third kappa shape index (κ3) is 3.82. The van der Waals surface area contributed by atoms with Crippen molar-refractivity contribution in [3.63, 3.8) is 0 Å². The number of benzene rings is 3. The highest BCUT2D eigenvalue weighted by atomic mass is 16.2. The molecular formula is C26H25N3O2. The molecular weight excluding hydrogens is 386 g/mol.